The van der Waals surface area contributed by atoms with Gasteiger partial charge in [-0.15, -0.1) is 0 Å². The molecule has 0 aliphatic carbocycles. The molecular weight excluding hydrogens is 282 g/mol. The largest absolute Gasteiger partial charge is 0.489 e. The zero-order chi connectivity index (χ0) is 12.1. The van der Waals surface area contributed by atoms with E-state index in [1.165, 1.54) is 0 Å². The number of hydrogen-bond acceptors (Lipinski definition) is 3. The van der Waals surface area contributed by atoms with E-state index in [9.17, 15) is 0 Å². The minimum absolute atomic E-state index is 0.0753. The van der Waals surface area contributed by atoms with Crippen LogP contribution in [0.5, 0.6) is 5.75 Å². The van der Waals surface area contributed by atoms with Crippen molar-refractivity contribution in [3.63, 3.8) is 0 Å². The van der Waals surface area contributed by atoms with E-state index < -0.39 is 0 Å². The molecule has 0 spiro atoms. The first-order chi connectivity index (χ1) is 8.28. The van der Waals surface area contributed by atoms with Crippen LogP contribution >= 0.6 is 15.9 Å². The Morgan fingerprint density at radius 3 is 2.88 bits per heavy atom. The Kier molecular flexibility index (Phi) is 4.12. The van der Waals surface area contributed by atoms with Crippen LogP contribution in [0.3, 0.4) is 0 Å². The number of nitrogens with zero attached hydrogens (tertiary/aromatic N) is 1. The molecule has 0 saturated heterocycles. The lowest BCUT2D eigenvalue weighted by Gasteiger charge is -2.07. The third-order valence-electron chi connectivity index (χ3n) is 2.24. The minimum atomic E-state index is -0.0753. The third kappa shape index (κ3) is 3.54. The molecule has 88 valence electrons. The monoisotopic (exact) mass is 293 g/mol. The highest BCUT2D eigenvalue weighted by Crippen LogP contribution is 2.16. The van der Waals surface area contributed by atoms with Crippen molar-refractivity contribution in [1.29, 1.82) is 0 Å². The average molecular weight is 294 g/mol. The van der Waals surface area contributed by atoms with E-state index in [-0.39, 0.29) is 6.61 Å². The smallest absolute Gasteiger partial charge is 0.123 e. The third-order valence-corrected chi connectivity index (χ3v) is 2.74. The fourth-order valence-electron chi connectivity index (χ4n) is 1.43. The summed E-state index contributed by atoms with van der Waals surface area (Å²) in [5, 5.41) is 8.96. The summed E-state index contributed by atoms with van der Waals surface area (Å²) in [6.45, 7) is 0.419. The summed E-state index contributed by atoms with van der Waals surface area (Å²) in [5.41, 5.74) is 1.69. The Hall–Kier alpha value is -1.39. The van der Waals surface area contributed by atoms with Gasteiger partial charge in [-0.25, -0.2) is 0 Å². The molecular formula is C13H12BrNO2. The number of aliphatic hydroxyl groups excluding tert-OH is 1. The van der Waals surface area contributed by atoms with E-state index in [1.54, 1.807) is 18.3 Å². The number of halogens is 1. The summed E-state index contributed by atoms with van der Waals surface area (Å²) in [4.78, 5) is 3.99. The average Bonchev–Trinajstić information content (AvgIpc) is 2.37. The maximum atomic E-state index is 8.96. The molecule has 1 N–H and O–H groups in total. The van der Waals surface area contributed by atoms with Gasteiger partial charge in [0.2, 0.25) is 0 Å². The van der Waals surface area contributed by atoms with Crippen molar-refractivity contribution in [2.45, 2.75) is 13.2 Å². The van der Waals surface area contributed by atoms with Crippen LogP contribution < -0.4 is 4.74 Å². The number of benzene rings is 1. The van der Waals surface area contributed by atoms with E-state index in [0.29, 0.717) is 18.1 Å². The van der Waals surface area contributed by atoms with Crippen molar-refractivity contribution in [2.24, 2.45) is 0 Å². The van der Waals surface area contributed by atoms with Gasteiger partial charge in [-0.05, 0) is 23.8 Å². The number of hydrogen-bond donors (Lipinski definition) is 1. The van der Waals surface area contributed by atoms with Crippen molar-refractivity contribution >= 4 is 15.9 Å². The second-order valence-electron chi connectivity index (χ2n) is 3.56. The molecule has 0 saturated carbocycles. The van der Waals surface area contributed by atoms with E-state index in [1.807, 2.05) is 24.3 Å². The molecule has 2 aromatic rings. The Bertz CT molecular complexity index is 502. The molecule has 1 aromatic carbocycles. The topological polar surface area (TPSA) is 42.4 Å². The molecule has 0 unspecified atom stereocenters. The van der Waals surface area contributed by atoms with Crippen molar-refractivity contribution in [3.05, 3.63) is 58.3 Å². The Morgan fingerprint density at radius 1 is 1.24 bits per heavy atom. The van der Waals surface area contributed by atoms with Crippen LogP contribution in [-0.4, -0.2) is 10.1 Å². The van der Waals surface area contributed by atoms with Crippen LogP contribution in [-0.2, 0) is 13.2 Å². The summed E-state index contributed by atoms with van der Waals surface area (Å²) >= 11 is 3.41. The van der Waals surface area contributed by atoms with Gasteiger partial charge in [0.15, 0.2) is 0 Å². The van der Waals surface area contributed by atoms with Crippen molar-refractivity contribution < 1.29 is 9.84 Å². The van der Waals surface area contributed by atoms with Gasteiger partial charge in [0, 0.05) is 16.7 Å². The molecule has 1 aromatic heterocycles. The van der Waals surface area contributed by atoms with Gasteiger partial charge in [-0.3, -0.25) is 4.98 Å². The van der Waals surface area contributed by atoms with Crippen LogP contribution in [0.2, 0.25) is 0 Å². The van der Waals surface area contributed by atoms with E-state index in [0.717, 1.165) is 10.0 Å². The summed E-state index contributed by atoms with van der Waals surface area (Å²) in [6, 6.07) is 11.5. The highest BCUT2D eigenvalue weighted by molar-refractivity contribution is 9.10. The molecule has 3 nitrogen and oxygen atoms in total. The van der Waals surface area contributed by atoms with Crippen LogP contribution in [0.15, 0.2) is 47.1 Å². The van der Waals surface area contributed by atoms with Crippen LogP contribution in [0.4, 0.5) is 0 Å². The Labute approximate surface area is 108 Å². The lowest BCUT2D eigenvalue weighted by Crippen LogP contribution is -1.97. The zero-order valence-corrected chi connectivity index (χ0v) is 10.7. The lowest BCUT2D eigenvalue weighted by atomic mass is 10.2. The molecule has 0 aliphatic rings. The first-order valence-electron chi connectivity index (χ1n) is 5.21. The SMILES string of the molecule is OCc1cc(OCc2cccc(Br)c2)ccn1. The molecule has 0 bridgehead atoms. The van der Waals surface area contributed by atoms with Crippen molar-refractivity contribution in [2.75, 3.05) is 0 Å². The number of rotatable bonds is 4. The first kappa shape index (κ1) is 12.1. The van der Waals surface area contributed by atoms with E-state index in [2.05, 4.69) is 20.9 Å². The van der Waals surface area contributed by atoms with Crippen LogP contribution in [0, 0.1) is 0 Å². The molecule has 0 fully saturated rings. The summed E-state index contributed by atoms with van der Waals surface area (Å²) in [7, 11) is 0. The summed E-state index contributed by atoms with van der Waals surface area (Å²) < 4.78 is 6.65. The maximum absolute atomic E-state index is 8.96. The van der Waals surface area contributed by atoms with Gasteiger partial charge in [-0.1, -0.05) is 28.1 Å². The minimum Gasteiger partial charge on any atom is -0.489 e. The second-order valence-corrected chi connectivity index (χ2v) is 4.48. The van der Waals surface area contributed by atoms with Crippen LogP contribution in [0.25, 0.3) is 0 Å². The fourth-order valence-corrected chi connectivity index (χ4v) is 1.87. The van der Waals surface area contributed by atoms with Gasteiger partial charge in [-0.2, -0.15) is 0 Å². The van der Waals surface area contributed by atoms with Gasteiger partial charge in [0.05, 0.1) is 12.3 Å². The molecule has 0 amide bonds. The highest BCUT2D eigenvalue weighted by atomic mass is 79.9. The highest BCUT2D eigenvalue weighted by Gasteiger charge is 1.99. The number of ether oxygens (including phenoxy) is 1. The zero-order valence-electron chi connectivity index (χ0n) is 9.14. The Balaban J connectivity index is 2.02. The molecule has 0 radical (unpaired) electrons. The Morgan fingerprint density at radius 2 is 2.12 bits per heavy atom. The number of aromatic nitrogens is 1. The van der Waals surface area contributed by atoms with Gasteiger partial charge in [0.25, 0.3) is 0 Å². The molecule has 2 rings (SSSR count). The van der Waals surface area contributed by atoms with Crippen molar-refractivity contribution in [3.8, 4) is 5.75 Å². The quantitative estimate of drug-likeness (QED) is 0.942. The number of aliphatic hydroxyl groups is 1. The van der Waals surface area contributed by atoms with E-state index >= 15 is 0 Å². The predicted molar refractivity (Wildman–Crippen MR) is 68.6 cm³/mol. The van der Waals surface area contributed by atoms with Crippen molar-refractivity contribution in [1.82, 2.24) is 4.98 Å². The summed E-state index contributed by atoms with van der Waals surface area (Å²) in [6.07, 6.45) is 1.63. The molecule has 0 atom stereocenters. The molecule has 17 heavy (non-hydrogen) atoms. The van der Waals surface area contributed by atoms with Gasteiger partial charge >= 0.3 is 0 Å². The fraction of sp³-hybridized carbons (Fsp3) is 0.154. The normalized spacial score (nSPS) is 10.2. The van der Waals surface area contributed by atoms with Gasteiger partial charge in [0.1, 0.15) is 12.4 Å². The predicted octanol–water partition coefficient (Wildman–Crippen LogP) is 2.92. The first-order valence-corrected chi connectivity index (χ1v) is 6.00. The standard InChI is InChI=1S/C13H12BrNO2/c14-11-3-1-2-10(6-11)9-17-13-4-5-15-12(7-13)8-16/h1-7,16H,8-9H2. The molecule has 0 aliphatic heterocycles. The van der Waals surface area contributed by atoms with Crippen LogP contribution in [0.1, 0.15) is 11.3 Å². The number of pyridine rings is 1. The molecule has 1 heterocycles. The second kappa shape index (κ2) is 5.80. The van der Waals surface area contributed by atoms with E-state index in [4.69, 9.17) is 9.84 Å². The summed E-state index contributed by atoms with van der Waals surface area (Å²) in [5.74, 6) is 0.712. The lowest BCUT2D eigenvalue weighted by molar-refractivity contribution is 0.273. The molecule has 4 heteroatoms. The van der Waals surface area contributed by atoms with Gasteiger partial charge < -0.3 is 9.84 Å². The maximum Gasteiger partial charge on any atom is 0.123 e.